The summed E-state index contributed by atoms with van der Waals surface area (Å²) in [7, 11) is -4.03. The zero-order valence-corrected chi connectivity index (χ0v) is 17.4. The molecule has 0 aliphatic rings. The molecule has 3 rings (SSSR count). The van der Waals surface area contributed by atoms with Crippen LogP contribution in [-0.4, -0.2) is 30.8 Å². The third-order valence-electron chi connectivity index (χ3n) is 4.39. The number of carbonyl (C=O) groups excluding carboxylic acids is 1. The van der Waals surface area contributed by atoms with Gasteiger partial charge in [0.15, 0.2) is 5.69 Å². The van der Waals surface area contributed by atoms with E-state index in [1.807, 2.05) is 0 Å². The standard InChI is InChI=1S/C20H17F4N3O4S/c1-2-31-16(28)11-27-19(20(22,23)24)17(12-3-7-14(21)8-4-12)18(26-27)13-5-9-15(10-6-13)32(25,29)30/h3-10H,2,11H2,1H3,(H2,25,29,30). The van der Waals surface area contributed by atoms with Crippen molar-refractivity contribution in [1.29, 1.82) is 0 Å². The maximum absolute atomic E-state index is 14.1. The lowest BCUT2D eigenvalue weighted by Crippen LogP contribution is -2.21. The number of hydrogen-bond acceptors (Lipinski definition) is 5. The van der Waals surface area contributed by atoms with Gasteiger partial charge in [-0.1, -0.05) is 24.3 Å². The van der Waals surface area contributed by atoms with E-state index in [-0.39, 0.29) is 28.3 Å². The Bertz CT molecular complexity index is 1240. The van der Waals surface area contributed by atoms with Crippen LogP contribution in [0.3, 0.4) is 0 Å². The van der Waals surface area contributed by atoms with Crippen LogP contribution in [0.2, 0.25) is 0 Å². The van der Waals surface area contributed by atoms with Crippen LogP contribution in [0, 0.1) is 5.82 Å². The van der Waals surface area contributed by atoms with Crippen molar-refractivity contribution in [3.63, 3.8) is 0 Å². The molecule has 0 atom stereocenters. The normalized spacial score (nSPS) is 12.1. The first-order chi connectivity index (χ1) is 14.9. The number of nitrogens with two attached hydrogens (primary N) is 1. The van der Waals surface area contributed by atoms with Crippen LogP contribution < -0.4 is 5.14 Å². The van der Waals surface area contributed by atoms with Gasteiger partial charge in [0.05, 0.1) is 11.5 Å². The van der Waals surface area contributed by atoms with Crippen molar-refractivity contribution in [2.75, 3.05) is 6.61 Å². The molecule has 0 aliphatic carbocycles. The number of carbonyl (C=O) groups is 1. The number of primary sulfonamides is 1. The van der Waals surface area contributed by atoms with Crippen LogP contribution >= 0.6 is 0 Å². The molecule has 2 aromatic carbocycles. The molecule has 0 fully saturated rings. The molecular formula is C20H17F4N3O4S. The maximum atomic E-state index is 14.1. The van der Waals surface area contributed by atoms with Gasteiger partial charge in [-0.15, -0.1) is 0 Å². The highest BCUT2D eigenvalue weighted by Gasteiger charge is 2.41. The van der Waals surface area contributed by atoms with Crippen molar-refractivity contribution in [2.24, 2.45) is 5.14 Å². The van der Waals surface area contributed by atoms with Gasteiger partial charge in [-0.25, -0.2) is 22.6 Å². The molecule has 32 heavy (non-hydrogen) atoms. The summed E-state index contributed by atoms with van der Waals surface area (Å²) in [6, 6.07) is 9.01. The van der Waals surface area contributed by atoms with Crippen LogP contribution in [0.4, 0.5) is 17.6 Å². The number of hydrogen-bond donors (Lipinski definition) is 1. The highest BCUT2D eigenvalue weighted by atomic mass is 32.2. The number of halogens is 4. The Labute approximate surface area is 180 Å². The largest absolute Gasteiger partial charge is 0.465 e. The van der Waals surface area contributed by atoms with E-state index in [1.165, 1.54) is 19.1 Å². The predicted octanol–water partition coefficient (Wildman–Crippen LogP) is 3.59. The van der Waals surface area contributed by atoms with Gasteiger partial charge in [-0.05, 0) is 36.8 Å². The first-order valence-electron chi connectivity index (χ1n) is 9.14. The summed E-state index contributed by atoms with van der Waals surface area (Å²) in [5.74, 6) is -1.58. The van der Waals surface area contributed by atoms with Crippen molar-refractivity contribution in [2.45, 2.75) is 24.5 Å². The number of alkyl halides is 3. The SMILES string of the molecule is CCOC(=O)Cn1nc(-c2ccc(S(N)(=O)=O)cc2)c(-c2ccc(F)cc2)c1C(F)(F)F. The Morgan fingerprint density at radius 2 is 1.62 bits per heavy atom. The Hall–Kier alpha value is -3.25. The zero-order valence-electron chi connectivity index (χ0n) is 16.6. The van der Waals surface area contributed by atoms with E-state index in [2.05, 4.69) is 5.10 Å². The minimum Gasteiger partial charge on any atom is -0.465 e. The second-order valence-corrected chi connectivity index (χ2v) is 8.17. The molecule has 0 amide bonds. The van der Waals surface area contributed by atoms with Gasteiger partial charge < -0.3 is 4.74 Å². The third kappa shape index (κ3) is 4.97. The third-order valence-corrected chi connectivity index (χ3v) is 5.32. The maximum Gasteiger partial charge on any atom is 0.433 e. The van der Waals surface area contributed by atoms with Crippen LogP contribution in [0.5, 0.6) is 0 Å². The van der Waals surface area contributed by atoms with Crippen LogP contribution in [0.1, 0.15) is 12.6 Å². The van der Waals surface area contributed by atoms with Gasteiger partial charge in [0, 0.05) is 11.1 Å². The molecule has 170 valence electrons. The summed E-state index contributed by atoms with van der Waals surface area (Å²) in [6.45, 7) is 0.661. The van der Waals surface area contributed by atoms with Gasteiger partial charge >= 0.3 is 12.1 Å². The lowest BCUT2D eigenvalue weighted by atomic mass is 9.98. The molecule has 0 unspecified atom stereocenters. The Morgan fingerprint density at radius 3 is 2.12 bits per heavy atom. The number of ether oxygens (including phenoxy) is 1. The molecule has 1 heterocycles. The Kier molecular flexibility index (Phi) is 6.37. The van der Waals surface area contributed by atoms with Crippen molar-refractivity contribution in [3.8, 4) is 22.4 Å². The predicted molar refractivity (Wildman–Crippen MR) is 106 cm³/mol. The first kappa shape index (κ1) is 23.4. The molecule has 0 saturated carbocycles. The van der Waals surface area contributed by atoms with E-state index in [0.717, 1.165) is 36.4 Å². The van der Waals surface area contributed by atoms with E-state index in [1.54, 1.807) is 0 Å². The second-order valence-electron chi connectivity index (χ2n) is 6.61. The Morgan fingerprint density at radius 1 is 1.06 bits per heavy atom. The molecule has 0 saturated heterocycles. The van der Waals surface area contributed by atoms with Crippen molar-refractivity contribution < 1.29 is 35.5 Å². The minimum absolute atomic E-state index is 0.000596. The van der Waals surface area contributed by atoms with Crippen LogP contribution in [-0.2, 0) is 32.3 Å². The highest BCUT2D eigenvalue weighted by Crippen LogP contribution is 2.42. The molecule has 3 aromatic rings. The topological polar surface area (TPSA) is 104 Å². The summed E-state index contributed by atoms with van der Waals surface area (Å²) in [5, 5.41) is 9.05. The summed E-state index contributed by atoms with van der Waals surface area (Å²) >= 11 is 0. The van der Waals surface area contributed by atoms with Crippen molar-refractivity contribution in [1.82, 2.24) is 9.78 Å². The lowest BCUT2D eigenvalue weighted by molar-refractivity contribution is -0.149. The number of esters is 1. The van der Waals surface area contributed by atoms with Crippen molar-refractivity contribution in [3.05, 3.63) is 60.0 Å². The fourth-order valence-electron chi connectivity index (χ4n) is 3.09. The average Bonchev–Trinajstić information content (AvgIpc) is 3.07. The summed E-state index contributed by atoms with van der Waals surface area (Å²) in [6.07, 6.45) is -4.93. The van der Waals surface area contributed by atoms with Gasteiger partial charge in [0.2, 0.25) is 10.0 Å². The highest BCUT2D eigenvalue weighted by molar-refractivity contribution is 7.89. The zero-order chi connectivity index (χ0) is 23.7. The molecule has 1 aromatic heterocycles. The van der Waals surface area contributed by atoms with E-state index >= 15 is 0 Å². The van der Waals surface area contributed by atoms with Crippen LogP contribution in [0.25, 0.3) is 22.4 Å². The van der Waals surface area contributed by atoms with E-state index in [0.29, 0.717) is 4.68 Å². The number of benzene rings is 2. The smallest absolute Gasteiger partial charge is 0.433 e. The quantitative estimate of drug-likeness (QED) is 0.437. The minimum atomic E-state index is -4.93. The van der Waals surface area contributed by atoms with Crippen LogP contribution in [0.15, 0.2) is 53.4 Å². The van der Waals surface area contributed by atoms with Crippen molar-refractivity contribution >= 4 is 16.0 Å². The number of nitrogens with zero attached hydrogens (tertiary/aromatic N) is 2. The average molecular weight is 471 g/mol. The number of aromatic nitrogens is 2. The summed E-state index contributed by atoms with van der Waals surface area (Å²) in [4.78, 5) is 11.7. The summed E-state index contributed by atoms with van der Waals surface area (Å²) < 4.78 is 83.8. The monoisotopic (exact) mass is 471 g/mol. The van der Waals surface area contributed by atoms with Gasteiger partial charge in [0.25, 0.3) is 0 Å². The second kappa shape index (κ2) is 8.71. The molecule has 0 bridgehead atoms. The summed E-state index contributed by atoms with van der Waals surface area (Å²) in [5.41, 5.74) is -1.69. The Balaban J connectivity index is 2.28. The fraction of sp³-hybridized carbons (Fsp3) is 0.200. The number of sulfonamides is 1. The van der Waals surface area contributed by atoms with Gasteiger partial charge in [-0.2, -0.15) is 18.3 Å². The molecule has 0 spiro atoms. The molecular weight excluding hydrogens is 454 g/mol. The lowest BCUT2D eigenvalue weighted by Gasteiger charge is -2.13. The molecule has 0 radical (unpaired) electrons. The van der Waals surface area contributed by atoms with E-state index < -0.39 is 45.8 Å². The van der Waals surface area contributed by atoms with Gasteiger partial charge in [0.1, 0.15) is 18.1 Å². The first-order valence-corrected chi connectivity index (χ1v) is 10.7. The molecule has 7 nitrogen and oxygen atoms in total. The molecule has 12 heteroatoms. The fourth-order valence-corrected chi connectivity index (χ4v) is 3.60. The van der Waals surface area contributed by atoms with E-state index in [9.17, 15) is 30.8 Å². The van der Waals surface area contributed by atoms with E-state index in [4.69, 9.17) is 9.88 Å². The van der Waals surface area contributed by atoms with Gasteiger partial charge in [-0.3, -0.25) is 4.79 Å². The molecule has 0 aliphatic heterocycles. The number of rotatable bonds is 6. The molecule has 2 N–H and O–H groups in total.